The fourth-order valence-electron chi connectivity index (χ4n) is 2.13. The van der Waals surface area contributed by atoms with Gasteiger partial charge in [0.2, 0.25) is 0 Å². The van der Waals surface area contributed by atoms with Gasteiger partial charge in [-0.05, 0) is 40.8 Å². The third-order valence-corrected chi connectivity index (χ3v) is 4.54. The summed E-state index contributed by atoms with van der Waals surface area (Å²) in [6.45, 7) is 3.06. The summed E-state index contributed by atoms with van der Waals surface area (Å²) in [5.41, 5.74) is 1.14. The SMILES string of the molecule is CCCn1ncc(Br)c1C(NC)c1sccc1OC. The standard InChI is InChI=1S/C13H18BrN3OS/c1-4-6-17-12(9(14)8-16-17)11(15-2)13-10(18-3)5-7-19-13/h5,7-8,11,15H,4,6H2,1-3H3. The topological polar surface area (TPSA) is 39.1 Å². The van der Waals surface area contributed by atoms with Crippen LogP contribution in [0.5, 0.6) is 5.75 Å². The Morgan fingerprint density at radius 2 is 2.37 bits per heavy atom. The molecule has 4 nitrogen and oxygen atoms in total. The molecule has 0 aliphatic heterocycles. The normalized spacial score (nSPS) is 12.6. The maximum absolute atomic E-state index is 5.43. The van der Waals surface area contributed by atoms with Crippen LogP contribution in [0.3, 0.4) is 0 Å². The van der Waals surface area contributed by atoms with Crippen molar-refractivity contribution in [2.45, 2.75) is 25.9 Å². The number of halogens is 1. The van der Waals surface area contributed by atoms with Gasteiger partial charge in [-0.2, -0.15) is 5.10 Å². The minimum absolute atomic E-state index is 0.0818. The van der Waals surface area contributed by atoms with Crippen molar-refractivity contribution < 1.29 is 4.74 Å². The Bertz CT molecular complexity index is 538. The zero-order valence-corrected chi connectivity index (χ0v) is 13.7. The summed E-state index contributed by atoms with van der Waals surface area (Å²) in [7, 11) is 3.66. The molecule has 1 atom stereocenters. The fourth-order valence-corrected chi connectivity index (χ4v) is 3.63. The summed E-state index contributed by atoms with van der Waals surface area (Å²) in [6.07, 6.45) is 2.91. The zero-order valence-electron chi connectivity index (χ0n) is 11.3. The van der Waals surface area contributed by atoms with E-state index in [0.29, 0.717) is 0 Å². The lowest BCUT2D eigenvalue weighted by molar-refractivity contribution is 0.406. The largest absolute Gasteiger partial charge is 0.496 e. The molecule has 19 heavy (non-hydrogen) atoms. The molecule has 1 unspecified atom stereocenters. The van der Waals surface area contributed by atoms with Gasteiger partial charge < -0.3 is 10.1 Å². The maximum Gasteiger partial charge on any atom is 0.134 e. The van der Waals surface area contributed by atoms with Crippen LogP contribution in [-0.4, -0.2) is 23.9 Å². The third kappa shape index (κ3) is 2.85. The van der Waals surface area contributed by atoms with Crippen LogP contribution in [0, 0.1) is 0 Å². The van der Waals surface area contributed by atoms with Gasteiger partial charge in [0.1, 0.15) is 5.75 Å². The van der Waals surface area contributed by atoms with Gasteiger partial charge >= 0.3 is 0 Å². The fraction of sp³-hybridized carbons (Fsp3) is 0.462. The molecular weight excluding hydrogens is 326 g/mol. The Labute approximate surface area is 125 Å². The molecule has 0 spiro atoms. The number of rotatable bonds is 6. The first-order valence-corrected chi connectivity index (χ1v) is 7.90. The number of thiophene rings is 1. The van der Waals surface area contributed by atoms with E-state index in [0.717, 1.165) is 28.9 Å². The molecule has 0 aliphatic carbocycles. The molecule has 0 fully saturated rings. The van der Waals surface area contributed by atoms with Crippen molar-refractivity contribution in [3.05, 3.63) is 32.7 Å². The highest BCUT2D eigenvalue weighted by Gasteiger charge is 2.24. The molecule has 2 aromatic heterocycles. The Morgan fingerprint density at radius 3 is 3.00 bits per heavy atom. The van der Waals surface area contributed by atoms with Gasteiger partial charge in [0.05, 0.1) is 34.4 Å². The second kappa shape index (κ2) is 6.54. The number of aryl methyl sites for hydroxylation is 1. The predicted molar refractivity (Wildman–Crippen MR) is 82.0 cm³/mol. The molecule has 0 saturated carbocycles. The summed E-state index contributed by atoms with van der Waals surface area (Å²) in [5.74, 6) is 0.917. The van der Waals surface area contributed by atoms with E-state index >= 15 is 0 Å². The number of aromatic nitrogens is 2. The summed E-state index contributed by atoms with van der Waals surface area (Å²) < 4.78 is 8.50. The lowest BCUT2D eigenvalue weighted by Crippen LogP contribution is -2.21. The molecule has 2 heterocycles. The highest BCUT2D eigenvalue weighted by Crippen LogP contribution is 2.37. The molecule has 0 amide bonds. The second-order valence-electron chi connectivity index (χ2n) is 4.18. The Hall–Kier alpha value is -0.850. The van der Waals surface area contributed by atoms with Gasteiger partial charge in [0.25, 0.3) is 0 Å². The predicted octanol–water partition coefficient (Wildman–Crippen LogP) is 3.43. The van der Waals surface area contributed by atoms with Gasteiger partial charge in [0.15, 0.2) is 0 Å². The number of nitrogens with one attached hydrogen (secondary N) is 1. The molecule has 0 bridgehead atoms. The van der Waals surface area contributed by atoms with Crippen LogP contribution in [0.4, 0.5) is 0 Å². The van der Waals surface area contributed by atoms with Crippen LogP contribution in [0.15, 0.2) is 22.1 Å². The van der Waals surface area contributed by atoms with E-state index in [2.05, 4.69) is 33.3 Å². The Morgan fingerprint density at radius 1 is 1.58 bits per heavy atom. The van der Waals surface area contributed by atoms with E-state index in [-0.39, 0.29) is 6.04 Å². The van der Waals surface area contributed by atoms with Gasteiger partial charge in [-0.1, -0.05) is 6.92 Å². The minimum Gasteiger partial charge on any atom is -0.496 e. The number of hydrogen-bond acceptors (Lipinski definition) is 4. The molecule has 0 radical (unpaired) electrons. The van der Waals surface area contributed by atoms with Gasteiger partial charge in [-0.15, -0.1) is 11.3 Å². The third-order valence-electron chi connectivity index (χ3n) is 2.97. The highest BCUT2D eigenvalue weighted by atomic mass is 79.9. The van der Waals surface area contributed by atoms with Crippen LogP contribution >= 0.6 is 27.3 Å². The number of methoxy groups -OCH3 is 1. The minimum atomic E-state index is 0.0818. The summed E-state index contributed by atoms with van der Waals surface area (Å²) in [5, 5.41) is 9.84. The Kier molecular flexibility index (Phi) is 5.01. The highest BCUT2D eigenvalue weighted by molar-refractivity contribution is 9.10. The van der Waals surface area contributed by atoms with E-state index in [1.165, 1.54) is 4.88 Å². The van der Waals surface area contributed by atoms with Crippen LogP contribution in [-0.2, 0) is 6.54 Å². The molecule has 2 rings (SSSR count). The first-order valence-electron chi connectivity index (χ1n) is 6.22. The van der Waals surface area contributed by atoms with Crippen LogP contribution in [0.2, 0.25) is 0 Å². The van der Waals surface area contributed by atoms with Gasteiger partial charge in [-0.3, -0.25) is 4.68 Å². The van der Waals surface area contributed by atoms with Crippen molar-refractivity contribution in [2.75, 3.05) is 14.2 Å². The number of nitrogens with zero attached hydrogens (tertiary/aromatic N) is 2. The molecule has 0 saturated heterocycles. The quantitative estimate of drug-likeness (QED) is 0.873. The van der Waals surface area contributed by atoms with Crippen molar-refractivity contribution >= 4 is 27.3 Å². The molecular formula is C13H18BrN3OS. The summed E-state index contributed by atoms with van der Waals surface area (Å²) >= 11 is 5.29. The van der Waals surface area contributed by atoms with Crippen molar-refractivity contribution in [2.24, 2.45) is 0 Å². The first-order chi connectivity index (χ1) is 9.22. The molecule has 104 valence electrons. The smallest absolute Gasteiger partial charge is 0.134 e. The summed E-state index contributed by atoms with van der Waals surface area (Å²) in [4.78, 5) is 1.17. The zero-order chi connectivity index (χ0) is 13.8. The summed E-state index contributed by atoms with van der Waals surface area (Å²) in [6, 6.07) is 2.08. The number of ether oxygens (including phenoxy) is 1. The van der Waals surface area contributed by atoms with Gasteiger partial charge in [-0.25, -0.2) is 0 Å². The van der Waals surface area contributed by atoms with Crippen molar-refractivity contribution in [3.8, 4) is 5.75 Å². The van der Waals surface area contributed by atoms with Crippen molar-refractivity contribution in [3.63, 3.8) is 0 Å². The first kappa shape index (κ1) is 14.6. The van der Waals surface area contributed by atoms with Crippen molar-refractivity contribution in [1.82, 2.24) is 15.1 Å². The van der Waals surface area contributed by atoms with E-state index in [1.54, 1.807) is 18.4 Å². The molecule has 2 aromatic rings. The van der Waals surface area contributed by atoms with E-state index < -0.39 is 0 Å². The van der Waals surface area contributed by atoms with Crippen LogP contribution in [0.25, 0.3) is 0 Å². The van der Waals surface area contributed by atoms with E-state index in [1.807, 2.05) is 29.4 Å². The van der Waals surface area contributed by atoms with E-state index in [4.69, 9.17) is 4.74 Å². The maximum atomic E-state index is 5.43. The number of hydrogen-bond donors (Lipinski definition) is 1. The Balaban J connectivity index is 2.45. The molecule has 0 aliphatic rings. The van der Waals surface area contributed by atoms with E-state index in [9.17, 15) is 0 Å². The second-order valence-corrected chi connectivity index (χ2v) is 5.98. The molecule has 0 aromatic carbocycles. The van der Waals surface area contributed by atoms with Crippen molar-refractivity contribution in [1.29, 1.82) is 0 Å². The average molecular weight is 344 g/mol. The molecule has 6 heteroatoms. The molecule has 1 N–H and O–H groups in total. The average Bonchev–Trinajstić information content (AvgIpc) is 3.01. The van der Waals surface area contributed by atoms with Gasteiger partial charge in [0, 0.05) is 6.54 Å². The van der Waals surface area contributed by atoms with Crippen LogP contribution in [0.1, 0.15) is 30.0 Å². The lowest BCUT2D eigenvalue weighted by atomic mass is 10.1. The monoisotopic (exact) mass is 343 g/mol. The van der Waals surface area contributed by atoms with Crippen LogP contribution < -0.4 is 10.1 Å². The lowest BCUT2D eigenvalue weighted by Gasteiger charge is -2.18.